The molecule has 0 aliphatic heterocycles. The highest BCUT2D eigenvalue weighted by Crippen LogP contribution is 2.39. The Morgan fingerprint density at radius 1 is 0.733 bits per heavy atom. The van der Waals surface area contributed by atoms with Gasteiger partial charge in [0.1, 0.15) is 11.2 Å². The number of hydrogen-bond acceptors (Lipinski definition) is 1. The van der Waals surface area contributed by atoms with E-state index in [2.05, 4.69) is 4.67 Å². The summed E-state index contributed by atoms with van der Waals surface area (Å²) in [6, 6.07) is 1.68. The van der Waals surface area contributed by atoms with Crippen molar-refractivity contribution < 1.29 is 0 Å². The molecule has 2 rings (SSSR count). The van der Waals surface area contributed by atoms with Gasteiger partial charge in [0, 0.05) is 12.1 Å². The summed E-state index contributed by atoms with van der Waals surface area (Å²) in [7, 11) is 0.0300. The first kappa shape index (κ1) is 12.1. The first-order chi connectivity index (χ1) is 7.42. The van der Waals surface area contributed by atoms with E-state index in [-0.39, 0.29) is 8.08 Å². The van der Waals surface area contributed by atoms with Gasteiger partial charge in [0.15, 0.2) is 8.08 Å². The summed E-state index contributed by atoms with van der Waals surface area (Å²) in [6.07, 6.45) is 14.3. The smallest absolute Gasteiger partial charge is 0.157 e. The Hall–Kier alpha value is 0.680. The second-order valence-electron chi connectivity index (χ2n) is 5.13. The molecule has 3 heteroatoms. The second-order valence-corrected chi connectivity index (χ2v) is 6.51. The highest BCUT2D eigenvalue weighted by atomic mass is 35.7. The molecule has 2 saturated carbocycles. The van der Waals surface area contributed by atoms with E-state index < -0.39 is 0 Å². The SMILES string of the molecule is Cl[PH2+]N(C1CCCCC1)C1CCCCC1. The van der Waals surface area contributed by atoms with Crippen molar-refractivity contribution in [1.29, 1.82) is 0 Å². The molecule has 0 amide bonds. The van der Waals surface area contributed by atoms with Gasteiger partial charge in [-0.15, -0.1) is 0 Å². The molecule has 1 unspecified atom stereocenters. The quantitative estimate of drug-likeness (QED) is 0.668. The standard InChI is InChI=1S/C12H23ClNP/c13-15-14(11-7-3-1-4-8-11)12-9-5-2-6-10-12/h11-12,15H,1-10H2/p+1. The predicted octanol–water partition coefficient (Wildman–Crippen LogP) is 4.43. The van der Waals surface area contributed by atoms with Crippen LogP contribution in [0.15, 0.2) is 0 Å². The van der Waals surface area contributed by atoms with Gasteiger partial charge in [0.05, 0.1) is 0 Å². The van der Waals surface area contributed by atoms with E-state index in [1.54, 1.807) is 0 Å². The van der Waals surface area contributed by atoms with Crippen molar-refractivity contribution in [3.63, 3.8) is 0 Å². The first-order valence-corrected chi connectivity index (χ1v) is 8.89. The fraction of sp³-hybridized carbons (Fsp3) is 1.00. The lowest BCUT2D eigenvalue weighted by atomic mass is 9.91. The van der Waals surface area contributed by atoms with E-state index in [0.717, 1.165) is 12.1 Å². The predicted molar refractivity (Wildman–Crippen MR) is 71.1 cm³/mol. The minimum Gasteiger partial charge on any atom is -0.162 e. The van der Waals surface area contributed by atoms with Crippen LogP contribution in [0.5, 0.6) is 0 Å². The van der Waals surface area contributed by atoms with Gasteiger partial charge in [0.25, 0.3) is 0 Å². The van der Waals surface area contributed by atoms with Crippen LogP contribution in [0.4, 0.5) is 0 Å². The molecule has 1 nitrogen and oxygen atoms in total. The molecule has 0 heterocycles. The van der Waals surface area contributed by atoms with Crippen LogP contribution in [0.25, 0.3) is 0 Å². The molecular formula is C12H24ClNP+. The average molecular weight is 249 g/mol. The van der Waals surface area contributed by atoms with Crippen molar-refractivity contribution in [2.24, 2.45) is 0 Å². The zero-order valence-corrected chi connectivity index (χ0v) is 11.5. The van der Waals surface area contributed by atoms with Crippen LogP contribution < -0.4 is 0 Å². The van der Waals surface area contributed by atoms with Crippen molar-refractivity contribution >= 4 is 19.3 Å². The first-order valence-electron chi connectivity index (χ1n) is 6.63. The molecule has 0 saturated heterocycles. The number of nitrogens with zero attached hydrogens (tertiary/aromatic N) is 1. The largest absolute Gasteiger partial charge is 0.162 e. The Morgan fingerprint density at radius 2 is 1.13 bits per heavy atom. The maximum Gasteiger partial charge on any atom is 0.157 e. The monoisotopic (exact) mass is 248 g/mol. The van der Waals surface area contributed by atoms with Crippen molar-refractivity contribution in [2.75, 3.05) is 0 Å². The minimum absolute atomic E-state index is 0.0300. The summed E-state index contributed by atoms with van der Waals surface area (Å²) in [4.78, 5) is 0. The molecule has 15 heavy (non-hydrogen) atoms. The molecule has 0 N–H and O–H groups in total. The molecule has 2 aliphatic rings. The lowest BCUT2D eigenvalue weighted by Crippen LogP contribution is -2.39. The van der Waals surface area contributed by atoms with Gasteiger partial charge in [-0.05, 0) is 25.7 Å². The van der Waals surface area contributed by atoms with Gasteiger partial charge in [-0.2, -0.15) is 4.67 Å². The number of hydrogen-bond donors (Lipinski definition) is 0. The van der Waals surface area contributed by atoms with Crippen molar-refractivity contribution in [3.05, 3.63) is 0 Å². The lowest BCUT2D eigenvalue weighted by Gasteiger charge is -2.35. The van der Waals surface area contributed by atoms with Gasteiger partial charge in [-0.25, -0.2) is 0 Å². The molecular weight excluding hydrogens is 225 g/mol. The van der Waals surface area contributed by atoms with E-state index in [1.807, 2.05) is 0 Å². The third kappa shape index (κ3) is 3.32. The van der Waals surface area contributed by atoms with E-state index >= 15 is 0 Å². The number of rotatable bonds is 3. The van der Waals surface area contributed by atoms with Crippen molar-refractivity contribution in [3.8, 4) is 0 Å². The lowest BCUT2D eigenvalue weighted by molar-refractivity contribution is 0.182. The Bertz CT molecular complexity index is 158. The van der Waals surface area contributed by atoms with Crippen LogP contribution >= 0.6 is 19.3 Å². The fourth-order valence-corrected chi connectivity index (χ4v) is 5.09. The van der Waals surface area contributed by atoms with Gasteiger partial charge >= 0.3 is 0 Å². The van der Waals surface area contributed by atoms with Crippen molar-refractivity contribution in [2.45, 2.75) is 76.3 Å². The minimum atomic E-state index is 0.0300. The fourth-order valence-electron chi connectivity index (χ4n) is 3.22. The van der Waals surface area contributed by atoms with Crippen LogP contribution in [0.1, 0.15) is 64.2 Å². The molecule has 2 fully saturated rings. The molecule has 88 valence electrons. The molecule has 1 atom stereocenters. The average Bonchev–Trinajstić information content (AvgIpc) is 2.33. The second kappa shape index (κ2) is 6.42. The maximum absolute atomic E-state index is 6.24. The van der Waals surface area contributed by atoms with Gasteiger partial charge in [-0.3, -0.25) is 0 Å². The van der Waals surface area contributed by atoms with Crippen LogP contribution in [0.3, 0.4) is 0 Å². The van der Waals surface area contributed by atoms with Gasteiger partial charge in [0.2, 0.25) is 0 Å². The molecule has 0 aromatic rings. The zero-order valence-electron chi connectivity index (χ0n) is 9.63. The normalized spacial score (nSPS) is 26.8. The Labute approximate surface area is 101 Å². The molecule has 0 bridgehead atoms. The van der Waals surface area contributed by atoms with Crippen molar-refractivity contribution in [1.82, 2.24) is 4.67 Å². The Kier molecular flexibility index (Phi) is 5.20. The van der Waals surface area contributed by atoms with Gasteiger partial charge < -0.3 is 0 Å². The topological polar surface area (TPSA) is 3.24 Å². The Balaban J connectivity index is 1.88. The highest BCUT2D eigenvalue weighted by molar-refractivity contribution is 7.66. The van der Waals surface area contributed by atoms with Crippen LogP contribution in [0.2, 0.25) is 0 Å². The van der Waals surface area contributed by atoms with Crippen LogP contribution in [0, 0.1) is 0 Å². The zero-order chi connectivity index (χ0) is 10.5. The summed E-state index contributed by atoms with van der Waals surface area (Å²) in [5, 5.41) is 0. The van der Waals surface area contributed by atoms with E-state index in [1.165, 1.54) is 64.2 Å². The Morgan fingerprint density at radius 3 is 1.47 bits per heavy atom. The summed E-state index contributed by atoms with van der Waals surface area (Å²) in [5.41, 5.74) is 0. The summed E-state index contributed by atoms with van der Waals surface area (Å²) < 4.78 is 2.69. The molecule has 0 aromatic carbocycles. The highest BCUT2D eigenvalue weighted by Gasteiger charge is 2.31. The van der Waals surface area contributed by atoms with Crippen LogP contribution in [-0.4, -0.2) is 16.8 Å². The maximum atomic E-state index is 6.24. The van der Waals surface area contributed by atoms with Gasteiger partial charge in [-0.1, -0.05) is 38.5 Å². The molecule has 2 aliphatic carbocycles. The number of halogens is 1. The summed E-state index contributed by atoms with van der Waals surface area (Å²) in [5.74, 6) is 0. The van der Waals surface area contributed by atoms with E-state index in [0.29, 0.717) is 0 Å². The van der Waals surface area contributed by atoms with E-state index in [9.17, 15) is 0 Å². The summed E-state index contributed by atoms with van der Waals surface area (Å²) in [6.45, 7) is 0. The molecule has 0 aromatic heterocycles. The third-order valence-corrected chi connectivity index (χ3v) is 5.85. The molecule has 0 radical (unpaired) electrons. The third-order valence-electron chi connectivity index (χ3n) is 4.11. The van der Waals surface area contributed by atoms with Crippen LogP contribution in [-0.2, 0) is 0 Å². The molecule has 0 spiro atoms. The summed E-state index contributed by atoms with van der Waals surface area (Å²) >= 11 is 6.24. The van der Waals surface area contributed by atoms with E-state index in [4.69, 9.17) is 11.2 Å².